The summed E-state index contributed by atoms with van der Waals surface area (Å²) in [7, 11) is 0. The van der Waals surface area contributed by atoms with Crippen LogP contribution in [0, 0.1) is 13.8 Å². The van der Waals surface area contributed by atoms with Crippen molar-refractivity contribution in [2.75, 3.05) is 6.61 Å². The molecule has 2 aromatic rings. The predicted molar refractivity (Wildman–Crippen MR) is 62.0 cm³/mol. The molecular formula is C12H15N3O. The second kappa shape index (κ2) is 4.35. The van der Waals surface area contributed by atoms with Gasteiger partial charge in [-0.15, -0.1) is 0 Å². The van der Waals surface area contributed by atoms with Gasteiger partial charge in [0, 0.05) is 11.8 Å². The third-order valence-electron chi connectivity index (χ3n) is 2.23. The van der Waals surface area contributed by atoms with Crippen molar-refractivity contribution in [1.82, 2.24) is 14.8 Å². The number of rotatable bonds is 3. The molecule has 0 spiro atoms. The van der Waals surface area contributed by atoms with Crippen molar-refractivity contribution in [3.8, 4) is 11.7 Å². The van der Waals surface area contributed by atoms with Crippen LogP contribution in [0.25, 0.3) is 5.82 Å². The van der Waals surface area contributed by atoms with E-state index in [0.29, 0.717) is 12.5 Å². The highest BCUT2D eigenvalue weighted by atomic mass is 16.5. The van der Waals surface area contributed by atoms with Gasteiger partial charge in [0.1, 0.15) is 0 Å². The molecule has 2 aromatic heterocycles. The van der Waals surface area contributed by atoms with Crippen molar-refractivity contribution in [2.24, 2.45) is 0 Å². The fourth-order valence-electron chi connectivity index (χ4n) is 1.61. The topological polar surface area (TPSA) is 39.9 Å². The monoisotopic (exact) mass is 217 g/mol. The number of pyridine rings is 1. The van der Waals surface area contributed by atoms with E-state index in [-0.39, 0.29) is 0 Å². The summed E-state index contributed by atoms with van der Waals surface area (Å²) in [5.74, 6) is 1.42. The third kappa shape index (κ3) is 2.05. The lowest BCUT2D eigenvalue weighted by Crippen LogP contribution is -2.03. The van der Waals surface area contributed by atoms with E-state index >= 15 is 0 Å². The molecule has 0 aliphatic rings. The first-order valence-corrected chi connectivity index (χ1v) is 5.34. The average molecular weight is 217 g/mol. The quantitative estimate of drug-likeness (QED) is 0.791. The van der Waals surface area contributed by atoms with Crippen LogP contribution in [0.5, 0.6) is 5.88 Å². The summed E-state index contributed by atoms with van der Waals surface area (Å²) in [4.78, 5) is 4.39. The molecule has 0 saturated heterocycles. The van der Waals surface area contributed by atoms with Crippen LogP contribution >= 0.6 is 0 Å². The standard InChI is InChI=1S/C12H15N3O/c1-4-16-12-7-5-6-11(13-12)15-10(3)8-9(2)14-15/h5-8H,4H2,1-3H3. The van der Waals surface area contributed by atoms with Gasteiger partial charge in [-0.2, -0.15) is 10.1 Å². The summed E-state index contributed by atoms with van der Waals surface area (Å²) in [6.45, 7) is 6.54. The lowest BCUT2D eigenvalue weighted by molar-refractivity contribution is 0.326. The molecule has 0 N–H and O–H groups in total. The Morgan fingerprint density at radius 1 is 1.31 bits per heavy atom. The van der Waals surface area contributed by atoms with E-state index in [4.69, 9.17) is 4.74 Å². The van der Waals surface area contributed by atoms with Crippen molar-refractivity contribution < 1.29 is 4.74 Å². The van der Waals surface area contributed by atoms with Crippen LogP contribution in [-0.2, 0) is 0 Å². The first-order valence-electron chi connectivity index (χ1n) is 5.34. The number of ether oxygens (including phenoxy) is 1. The molecule has 16 heavy (non-hydrogen) atoms. The summed E-state index contributed by atoms with van der Waals surface area (Å²) in [6.07, 6.45) is 0. The number of nitrogens with zero attached hydrogens (tertiary/aromatic N) is 3. The molecule has 0 unspecified atom stereocenters. The van der Waals surface area contributed by atoms with E-state index in [9.17, 15) is 0 Å². The lowest BCUT2D eigenvalue weighted by Gasteiger charge is -2.06. The lowest BCUT2D eigenvalue weighted by atomic mass is 10.4. The van der Waals surface area contributed by atoms with Gasteiger partial charge >= 0.3 is 0 Å². The largest absolute Gasteiger partial charge is 0.478 e. The highest BCUT2D eigenvalue weighted by Crippen LogP contribution is 2.13. The van der Waals surface area contributed by atoms with E-state index in [2.05, 4.69) is 10.1 Å². The first-order chi connectivity index (χ1) is 7.70. The molecule has 4 nitrogen and oxygen atoms in total. The number of aryl methyl sites for hydroxylation is 2. The zero-order chi connectivity index (χ0) is 11.5. The number of hydrogen-bond acceptors (Lipinski definition) is 3. The second-order valence-corrected chi connectivity index (χ2v) is 3.61. The molecule has 0 atom stereocenters. The molecule has 0 radical (unpaired) electrons. The molecule has 2 rings (SSSR count). The molecule has 2 heterocycles. The van der Waals surface area contributed by atoms with Gasteiger partial charge in [0.15, 0.2) is 5.82 Å². The normalized spacial score (nSPS) is 10.4. The van der Waals surface area contributed by atoms with Crippen LogP contribution in [0.3, 0.4) is 0 Å². The minimum atomic E-state index is 0.619. The molecule has 0 bridgehead atoms. The summed E-state index contributed by atoms with van der Waals surface area (Å²) >= 11 is 0. The first kappa shape index (κ1) is 10.7. The smallest absolute Gasteiger partial charge is 0.215 e. The van der Waals surface area contributed by atoms with E-state index < -0.39 is 0 Å². The van der Waals surface area contributed by atoms with Crippen LogP contribution in [-0.4, -0.2) is 21.4 Å². The van der Waals surface area contributed by atoms with E-state index in [1.807, 2.05) is 49.7 Å². The summed E-state index contributed by atoms with van der Waals surface area (Å²) in [5.41, 5.74) is 2.06. The Labute approximate surface area is 94.9 Å². The minimum absolute atomic E-state index is 0.619. The second-order valence-electron chi connectivity index (χ2n) is 3.61. The Hall–Kier alpha value is -1.84. The van der Waals surface area contributed by atoms with Crippen LogP contribution in [0.2, 0.25) is 0 Å². The summed E-state index contributed by atoms with van der Waals surface area (Å²) < 4.78 is 7.18. The van der Waals surface area contributed by atoms with Gasteiger partial charge < -0.3 is 4.74 Å². The van der Waals surface area contributed by atoms with Gasteiger partial charge in [-0.05, 0) is 32.9 Å². The Bertz CT molecular complexity index is 491. The maximum atomic E-state index is 5.36. The average Bonchev–Trinajstić information content (AvgIpc) is 2.59. The number of aromatic nitrogens is 3. The van der Waals surface area contributed by atoms with Crippen molar-refractivity contribution >= 4 is 0 Å². The van der Waals surface area contributed by atoms with E-state index in [1.54, 1.807) is 0 Å². The van der Waals surface area contributed by atoms with Gasteiger partial charge in [0.2, 0.25) is 5.88 Å². The highest BCUT2D eigenvalue weighted by molar-refractivity contribution is 5.29. The highest BCUT2D eigenvalue weighted by Gasteiger charge is 2.05. The van der Waals surface area contributed by atoms with Crippen LogP contribution in [0.1, 0.15) is 18.3 Å². The molecule has 84 valence electrons. The van der Waals surface area contributed by atoms with E-state index in [0.717, 1.165) is 17.2 Å². The predicted octanol–water partition coefficient (Wildman–Crippen LogP) is 2.28. The minimum Gasteiger partial charge on any atom is -0.478 e. The molecule has 4 heteroatoms. The Kier molecular flexibility index (Phi) is 2.90. The van der Waals surface area contributed by atoms with Crippen LogP contribution in [0.15, 0.2) is 24.3 Å². The maximum absolute atomic E-state index is 5.36. The van der Waals surface area contributed by atoms with Gasteiger partial charge in [0.05, 0.1) is 12.3 Å². The third-order valence-corrected chi connectivity index (χ3v) is 2.23. The van der Waals surface area contributed by atoms with Gasteiger partial charge in [-0.1, -0.05) is 6.07 Å². The van der Waals surface area contributed by atoms with Crippen molar-refractivity contribution in [3.63, 3.8) is 0 Å². The Morgan fingerprint density at radius 3 is 2.75 bits per heavy atom. The van der Waals surface area contributed by atoms with Crippen molar-refractivity contribution in [2.45, 2.75) is 20.8 Å². The van der Waals surface area contributed by atoms with Crippen molar-refractivity contribution in [1.29, 1.82) is 0 Å². The number of hydrogen-bond donors (Lipinski definition) is 0. The Morgan fingerprint density at radius 2 is 2.12 bits per heavy atom. The molecule has 0 fully saturated rings. The van der Waals surface area contributed by atoms with Gasteiger partial charge in [-0.3, -0.25) is 0 Å². The zero-order valence-corrected chi connectivity index (χ0v) is 9.77. The van der Waals surface area contributed by atoms with Crippen LogP contribution in [0.4, 0.5) is 0 Å². The van der Waals surface area contributed by atoms with Crippen molar-refractivity contribution in [3.05, 3.63) is 35.7 Å². The molecule has 0 aliphatic carbocycles. The molecule has 0 aliphatic heterocycles. The van der Waals surface area contributed by atoms with Crippen LogP contribution < -0.4 is 4.74 Å². The molecule has 0 amide bonds. The maximum Gasteiger partial charge on any atom is 0.215 e. The Balaban J connectivity index is 2.40. The summed E-state index contributed by atoms with van der Waals surface area (Å²) in [6, 6.07) is 7.71. The zero-order valence-electron chi connectivity index (χ0n) is 9.77. The van der Waals surface area contributed by atoms with Gasteiger partial charge in [-0.25, -0.2) is 4.68 Å². The molecule has 0 aromatic carbocycles. The molecular weight excluding hydrogens is 202 g/mol. The summed E-state index contributed by atoms with van der Waals surface area (Å²) in [5, 5.41) is 4.38. The fraction of sp³-hybridized carbons (Fsp3) is 0.333. The fourth-order valence-corrected chi connectivity index (χ4v) is 1.61. The SMILES string of the molecule is CCOc1cccc(-n2nc(C)cc2C)n1. The van der Waals surface area contributed by atoms with Gasteiger partial charge in [0.25, 0.3) is 0 Å². The molecule has 0 saturated carbocycles. The van der Waals surface area contributed by atoms with E-state index in [1.165, 1.54) is 0 Å².